The van der Waals surface area contributed by atoms with Crippen LogP contribution in [0.15, 0.2) is 22.2 Å². The number of ether oxygens (including phenoxy) is 4. The molecule has 4 unspecified atom stereocenters. The van der Waals surface area contributed by atoms with E-state index in [1.54, 1.807) is 0 Å². The fourth-order valence-corrected chi connectivity index (χ4v) is 7.32. The molecule has 25 heteroatoms. The number of aryl methyl sites for hydroxylation is 1. The van der Waals surface area contributed by atoms with Gasteiger partial charge in [0.25, 0.3) is 11.1 Å². The molecule has 4 aromatic rings. The van der Waals surface area contributed by atoms with E-state index < -0.39 is 88.5 Å². The number of hydrogen-bond donors (Lipinski definition) is 7. The lowest BCUT2D eigenvalue weighted by Gasteiger charge is -2.28. The molecule has 8 N–H and O–H groups in total. The van der Waals surface area contributed by atoms with Crippen LogP contribution < -0.4 is 16.9 Å². The van der Waals surface area contributed by atoms with E-state index in [2.05, 4.69) is 29.9 Å². The minimum absolute atomic E-state index is 0.00373. The number of imidazole rings is 2. The standard InChI is InChI=1S/C21H25N9O14P2/c1-6-25-13-7(15(33)26-6)23-2-29(13)17-9(31)11-19(41-17)39-4-46(37,38)44-12-10(32)18(42-20(12)40-5-45(35,36)43-11)30-3-24-8-14(30)27-21(22)28-16(8)34/h2-3,9-12,17-20,31-32H,4-5H2,1H3,(H,35,36)(H,37,38)(H,25,26,33)(H3,22,27,28,34)/t9?,10?,11-,12-,17-,18-,19+,20+/m1/s1. The van der Waals surface area contributed by atoms with E-state index in [-0.39, 0.29) is 34.1 Å². The summed E-state index contributed by atoms with van der Waals surface area (Å²) in [4.78, 5) is 66.7. The number of nitrogens with two attached hydrogens (primary N) is 1. The van der Waals surface area contributed by atoms with E-state index >= 15 is 0 Å². The molecule has 0 bridgehead atoms. The second-order valence-electron chi connectivity index (χ2n) is 10.5. The van der Waals surface area contributed by atoms with Crippen molar-refractivity contribution in [1.29, 1.82) is 0 Å². The molecule has 7 rings (SSSR count). The maximum Gasteiger partial charge on any atom is 0.354 e. The van der Waals surface area contributed by atoms with E-state index in [9.17, 15) is 38.7 Å². The number of hydrogen-bond acceptors (Lipinski definition) is 17. The first kappa shape index (κ1) is 31.2. The average molecular weight is 689 g/mol. The number of rotatable bonds is 2. The van der Waals surface area contributed by atoms with Crippen LogP contribution in [-0.4, -0.2) is 109 Å². The van der Waals surface area contributed by atoms with Crippen LogP contribution in [0.2, 0.25) is 0 Å². The van der Waals surface area contributed by atoms with Crippen molar-refractivity contribution in [3.05, 3.63) is 39.2 Å². The van der Waals surface area contributed by atoms with Crippen LogP contribution in [0.5, 0.6) is 0 Å². The average Bonchev–Trinajstić information content (AvgIpc) is 3.72. The van der Waals surface area contributed by atoms with Crippen LogP contribution in [-0.2, 0) is 37.1 Å². The quantitative estimate of drug-likeness (QED) is 0.109. The molecule has 0 saturated carbocycles. The van der Waals surface area contributed by atoms with Gasteiger partial charge >= 0.3 is 15.2 Å². The van der Waals surface area contributed by atoms with E-state index in [1.807, 2.05) is 0 Å². The first-order valence-electron chi connectivity index (χ1n) is 13.3. The van der Waals surface area contributed by atoms with Crippen LogP contribution in [0.25, 0.3) is 22.3 Å². The molecule has 46 heavy (non-hydrogen) atoms. The van der Waals surface area contributed by atoms with E-state index in [1.165, 1.54) is 11.5 Å². The van der Waals surface area contributed by atoms with Gasteiger partial charge in [-0.25, -0.2) is 15.0 Å². The molecular formula is C21H25N9O14P2. The highest BCUT2D eigenvalue weighted by atomic mass is 31.2. The van der Waals surface area contributed by atoms with Crippen molar-refractivity contribution in [3.8, 4) is 0 Å². The lowest BCUT2D eigenvalue weighted by Crippen LogP contribution is -2.38. The first-order valence-corrected chi connectivity index (χ1v) is 16.8. The number of nitrogens with one attached hydrogen (secondary N) is 2. The third kappa shape index (κ3) is 5.39. The zero-order chi connectivity index (χ0) is 32.7. The van der Waals surface area contributed by atoms with Gasteiger partial charge in [-0.15, -0.1) is 0 Å². The Balaban J connectivity index is 1.18. The number of fused-ring (bicyclic) bond motifs is 4. The summed E-state index contributed by atoms with van der Waals surface area (Å²) < 4.78 is 61.5. The molecule has 248 valence electrons. The first-order chi connectivity index (χ1) is 21.7. The van der Waals surface area contributed by atoms with Crippen LogP contribution in [0.3, 0.4) is 0 Å². The Morgan fingerprint density at radius 2 is 1.28 bits per heavy atom. The van der Waals surface area contributed by atoms with Crippen molar-refractivity contribution in [2.45, 2.75) is 56.4 Å². The van der Waals surface area contributed by atoms with Crippen LogP contribution in [0.1, 0.15) is 18.3 Å². The predicted octanol–water partition coefficient (Wildman–Crippen LogP) is -2.32. The molecule has 4 aromatic heterocycles. The predicted molar refractivity (Wildman–Crippen MR) is 147 cm³/mol. The van der Waals surface area contributed by atoms with Crippen LogP contribution in [0.4, 0.5) is 5.95 Å². The minimum atomic E-state index is -4.83. The Hall–Kier alpha value is -3.44. The van der Waals surface area contributed by atoms with Crippen LogP contribution in [0, 0.1) is 6.92 Å². The maximum atomic E-state index is 13.2. The Labute approximate surface area is 253 Å². The summed E-state index contributed by atoms with van der Waals surface area (Å²) in [5.41, 5.74) is 3.97. The monoisotopic (exact) mass is 689 g/mol. The summed E-state index contributed by atoms with van der Waals surface area (Å²) in [5.74, 6) is -0.0619. The number of anilines is 1. The molecule has 0 aromatic carbocycles. The molecule has 0 aliphatic carbocycles. The van der Waals surface area contributed by atoms with Crippen molar-refractivity contribution < 1.29 is 57.1 Å². The van der Waals surface area contributed by atoms with Gasteiger partial charge in [0.05, 0.1) is 12.7 Å². The topological polar surface area (TPSA) is 324 Å². The lowest BCUT2D eigenvalue weighted by molar-refractivity contribution is -0.178. The summed E-state index contributed by atoms with van der Waals surface area (Å²) in [6.07, 6.45) is -13.6. The fourth-order valence-electron chi connectivity index (χ4n) is 5.32. The molecule has 3 aliphatic heterocycles. The normalized spacial score (nSPS) is 37.2. The summed E-state index contributed by atoms with van der Waals surface area (Å²) in [6, 6.07) is 0. The van der Waals surface area contributed by atoms with Crippen molar-refractivity contribution in [3.63, 3.8) is 0 Å². The van der Waals surface area contributed by atoms with Gasteiger partial charge in [0.15, 0.2) is 60.1 Å². The fraction of sp³-hybridized carbons (Fsp3) is 0.524. The molecule has 0 spiro atoms. The second-order valence-corrected chi connectivity index (χ2v) is 14.0. The minimum Gasteiger partial charge on any atom is -0.385 e. The summed E-state index contributed by atoms with van der Waals surface area (Å²) in [6.45, 7) is 1.51. The number of aliphatic hydroxyl groups is 2. The smallest absolute Gasteiger partial charge is 0.354 e. The van der Waals surface area contributed by atoms with Crippen molar-refractivity contribution in [2.24, 2.45) is 0 Å². The van der Waals surface area contributed by atoms with Gasteiger partial charge in [-0.05, 0) is 6.92 Å². The number of nitrogen functional groups attached to an aromatic ring is 1. The molecular weight excluding hydrogens is 664 g/mol. The molecule has 0 radical (unpaired) electrons. The van der Waals surface area contributed by atoms with Gasteiger partial charge in [-0.2, -0.15) is 4.98 Å². The molecule has 3 saturated heterocycles. The van der Waals surface area contributed by atoms with Crippen molar-refractivity contribution in [1.82, 2.24) is 39.0 Å². The number of aromatic nitrogens is 8. The van der Waals surface area contributed by atoms with Gasteiger partial charge in [0.1, 0.15) is 30.2 Å². The van der Waals surface area contributed by atoms with E-state index in [4.69, 9.17) is 33.7 Å². The van der Waals surface area contributed by atoms with Crippen molar-refractivity contribution in [2.75, 3.05) is 18.4 Å². The molecule has 0 amide bonds. The molecule has 3 fully saturated rings. The van der Waals surface area contributed by atoms with Gasteiger partial charge in [0, 0.05) is 0 Å². The molecule has 23 nitrogen and oxygen atoms in total. The Bertz CT molecular complexity index is 1900. The molecule has 10 atom stereocenters. The Kier molecular flexibility index (Phi) is 7.51. The second kappa shape index (κ2) is 11.1. The largest absolute Gasteiger partial charge is 0.385 e. The highest BCUT2D eigenvalue weighted by Gasteiger charge is 2.54. The lowest BCUT2D eigenvalue weighted by atomic mass is 10.2. The van der Waals surface area contributed by atoms with Gasteiger partial charge in [0.2, 0.25) is 5.95 Å². The number of aliphatic hydroxyl groups excluding tert-OH is 2. The Morgan fingerprint density at radius 1 is 0.826 bits per heavy atom. The van der Waals surface area contributed by atoms with Crippen LogP contribution >= 0.6 is 15.2 Å². The third-order valence-corrected chi connectivity index (χ3v) is 9.36. The van der Waals surface area contributed by atoms with Gasteiger partial charge in [-0.3, -0.25) is 41.9 Å². The van der Waals surface area contributed by atoms with Crippen molar-refractivity contribution >= 4 is 43.5 Å². The number of H-pyrrole nitrogens is 2. The zero-order valence-corrected chi connectivity index (χ0v) is 25.0. The zero-order valence-electron chi connectivity index (χ0n) is 23.2. The van der Waals surface area contributed by atoms with E-state index in [0.717, 1.165) is 17.2 Å². The SMILES string of the molecule is Cc1nc2c(ncn2[C@@H]2O[C@@H]3OCP(=O)(O)O[C@@H]4C(O)[C@H](n5cnc6c(=O)[nH]c(N)nc65)O[C@@H]4OCP(=O)(O)O[C@@H]3C2O)c(=O)[nH]1. The van der Waals surface area contributed by atoms with Gasteiger partial charge < -0.3 is 49.7 Å². The summed E-state index contributed by atoms with van der Waals surface area (Å²) in [7, 11) is -9.66. The third-order valence-electron chi connectivity index (χ3n) is 7.27. The van der Waals surface area contributed by atoms with Gasteiger partial charge in [-0.1, -0.05) is 0 Å². The Morgan fingerprint density at radius 3 is 1.78 bits per heavy atom. The number of aromatic amines is 2. The summed E-state index contributed by atoms with van der Waals surface area (Å²) >= 11 is 0. The molecule has 7 heterocycles. The highest BCUT2D eigenvalue weighted by Crippen LogP contribution is 2.53. The maximum absolute atomic E-state index is 13.2. The molecule has 3 aliphatic rings. The highest BCUT2D eigenvalue weighted by molar-refractivity contribution is 7.52. The van der Waals surface area contributed by atoms with E-state index in [0.29, 0.717) is 0 Å². The summed E-state index contributed by atoms with van der Waals surface area (Å²) in [5, 5.41) is 22.3. The number of nitrogens with zero attached hydrogens (tertiary/aromatic N) is 6.